The van der Waals surface area contributed by atoms with Crippen molar-refractivity contribution in [2.45, 2.75) is 38.3 Å². The van der Waals surface area contributed by atoms with Gasteiger partial charge in [-0.05, 0) is 12.0 Å². The summed E-state index contributed by atoms with van der Waals surface area (Å²) >= 11 is 0. The summed E-state index contributed by atoms with van der Waals surface area (Å²) in [6.45, 7) is 2.97. The van der Waals surface area contributed by atoms with Gasteiger partial charge < -0.3 is 5.73 Å². The van der Waals surface area contributed by atoms with Crippen molar-refractivity contribution >= 4 is 0 Å². The van der Waals surface area contributed by atoms with Gasteiger partial charge >= 0.3 is 0 Å². The summed E-state index contributed by atoms with van der Waals surface area (Å²) < 4.78 is 1.98. The van der Waals surface area contributed by atoms with Gasteiger partial charge in [-0.15, -0.1) is 0 Å². The molecule has 2 unspecified atom stereocenters. The molecule has 0 spiro atoms. The van der Waals surface area contributed by atoms with Crippen LogP contribution in [-0.4, -0.2) is 20.8 Å². The molecule has 2 atom stereocenters. The molecule has 2 heterocycles. The molecule has 3 rings (SSSR count). The first kappa shape index (κ1) is 11.4. The lowest BCUT2D eigenvalue weighted by atomic mass is 9.98. The maximum atomic E-state index is 6.01. The second-order valence-electron chi connectivity index (χ2n) is 5.13. The van der Waals surface area contributed by atoms with Crippen molar-refractivity contribution in [2.75, 3.05) is 0 Å². The Bertz CT molecular complexity index is 532. The fourth-order valence-electron chi connectivity index (χ4n) is 2.61. The maximum Gasteiger partial charge on any atom is 0.155 e. The zero-order valence-electron chi connectivity index (χ0n) is 10.6. The molecule has 0 amide bonds. The van der Waals surface area contributed by atoms with Crippen molar-refractivity contribution in [3.63, 3.8) is 0 Å². The smallest absolute Gasteiger partial charge is 0.155 e. The maximum absolute atomic E-state index is 6.01. The SMILES string of the molecule is CC1CC(N)Cn2nc(Cc3ccccc3)nc21. The molecule has 0 saturated carbocycles. The van der Waals surface area contributed by atoms with E-state index in [1.54, 1.807) is 0 Å². The average molecular weight is 242 g/mol. The number of hydrogen-bond acceptors (Lipinski definition) is 3. The first-order chi connectivity index (χ1) is 8.72. The first-order valence-electron chi connectivity index (χ1n) is 6.45. The molecule has 0 radical (unpaired) electrons. The van der Waals surface area contributed by atoms with Crippen LogP contribution < -0.4 is 5.73 Å². The van der Waals surface area contributed by atoms with Crippen LogP contribution in [0.4, 0.5) is 0 Å². The van der Waals surface area contributed by atoms with Gasteiger partial charge in [0, 0.05) is 18.4 Å². The van der Waals surface area contributed by atoms with E-state index in [4.69, 9.17) is 5.73 Å². The summed E-state index contributed by atoms with van der Waals surface area (Å²) in [5, 5.41) is 4.57. The van der Waals surface area contributed by atoms with Crippen molar-refractivity contribution in [1.29, 1.82) is 0 Å². The third-order valence-electron chi connectivity index (χ3n) is 3.45. The van der Waals surface area contributed by atoms with Crippen LogP contribution >= 0.6 is 0 Å². The molecule has 4 nitrogen and oxygen atoms in total. The van der Waals surface area contributed by atoms with Gasteiger partial charge in [0.05, 0.1) is 6.54 Å². The minimum absolute atomic E-state index is 0.207. The van der Waals surface area contributed by atoms with Crippen molar-refractivity contribution in [1.82, 2.24) is 14.8 Å². The predicted octanol–water partition coefficient (Wildman–Crippen LogP) is 1.70. The molecule has 0 fully saturated rings. The third kappa shape index (κ3) is 2.16. The number of nitrogens with zero attached hydrogens (tertiary/aromatic N) is 3. The van der Waals surface area contributed by atoms with E-state index in [-0.39, 0.29) is 6.04 Å². The zero-order valence-corrected chi connectivity index (χ0v) is 10.6. The third-order valence-corrected chi connectivity index (χ3v) is 3.45. The van der Waals surface area contributed by atoms with E-state index in [9.17, 15) is 0 Å². The summed E-state index contributed by atoms with van der Waals surface area (Å²) in [5.74, 6) is 2.39. The number of fused-ring (bicyclic) bond motifs is 1. The fourth-order valence-corrected chi connectivity index (χ4v) is 2.61. The molecule has 1 aromatic carbocycles. The Kier molecular flexibility index (Phi) is 2.88. The van der Waals surface area contributed by atoms with E-state index in [1.807, 2.05) is 22.9 Å². The van der Waals surface area contributed by atoms with Gasteiger partial charge in [-0.1, -0.05) is 37.3 Å². The molecule has 0 saturated heterocycles. The lowest BCUT2D eigenvalue weighted by Crippen LogP contribution is -2.34. The highest BCUT2D eigenvalue weighted by Gasteiger charge is 2.25. The van der Waals surface area contributed by atoms with Gasteiger partial charge in [0.1, 0.15) is 5.82 Å². The lowest BCUT2D eigenvalue weighted by molar-refractivity contribution is 0.381. The van der Waals surface area contributed by atoms with Gasteiger partial charge in [0.15, 0.2) is 5.82 Å². The molecule has 4 heteroatoms. The second kappa shape index (κ2) is 4.53. The van der Waals surface area contributed by atoms with Crippen LogP contribution in [0.1, 0.15) is 36.5 Å². The van der Waals surface area contributed by atoms with Crippen LogP contribution in [0, 0.1) is 0 Å². The highest BCUT2D eigenvalue weighted by atomic mass is 15.4. The summed E-state index contributed by atoms with van der Waals surface area (Å²) in [6, 6.07) is 10.5. The Balaban J connectivity index is 1.85. The standard InChI is InChI=1S/C14H18N4/c1-10-7-12(15)9-18-14(10)16-13(17-18)8-11-5-3-2-4-6-11/h2-6,10,12H,7-9,15H2,1H3. The lowest BCUT2D eigenvalue weighted by Gasteiger charge is -2.23. The van der Waals surface area contributed by atoms with Crippen LogP contribution in [-0.2, 0) is 13.0 Å². The summed E-state index contributed by atoms with van der Waals surface area (Å²) in [4.78, 5) is 4.66. The van der Waals surface area contributed by atoms with E-state index in [0.29, 0.717) is 5.92 Å². The van der Waals surface area contributed by atoms with Crippen LogP contribution in [0.5, 0.6) is 0 Å². The molecule has 2 N–H and O–H groups in total. The average Bonchev–Trinajstić information content (AvgIpc) is 2.73. The fraction of sp³-hybridized carbons (Fsp3) is 0.429. The molecular weight excluding hydrogens is 224 g/mol. The van der Waals surface area contributed by atoms with E-state index < -0.39 is 0 Å². The number of aromatic nitrogens is 3. The molecule has 0 bridgehead atoms. The molecule has 1 aromatic heterocycles. The molecule has 2 aromatic rings. The number of nitrogens with two attached hydrogens (primary N) is 1. The predicted molar refractivity (Wildman–Crippen MR) is 70.3 cm³/mol. The van der Waals surface area contributed by atoms with Gasteiger partial charge in [0.2, 0.25) is 0 Å². The molecule has 1 aliphatic heterocycles. The van der Waals surface area contributed by atoms with E-state index in [2.05, 4.69) is 29.1 Å². The van der Waals surface area contributed by atoms with Crippen molar-refractivity contribution in [3.8, 4) is 0 Å². The number of hydrogen-bond donors (Lipinski definition) is 1. The van der Waals surface area contributed by atoms with Crippen LogP contribution in [0.15, 0.2) is 30.3 Å². The van der Waals surface area contributed by atoms with E-state index >= 15 is 0 Å². The monoisotopic (exact) mass is 242 g/mol. The minimum Gasteiger partial charge on any atom is -0.326 e. The normalized spacial score (nSPS) is 22.8. The molecule has 0 aliphatic carbocycles. The van der Waals surface area contributed by atoms with Gasteiger partial charge in [-0.25, -0.2) is 9.67 Å². The van der Waals surface area contributed by atoms with Gasteiger partial charge in [0.25, 0.3) is 0 Å². The van der Waals surface area contributed by atoms with Crippen LogP contribution in [0.25, 0.3) is 0 Å². The van der Waals surface area contributed by atoms with Crippen molar-refractivity contribution in [3.05, 3.63) is 47.5 Å². The van der Waals surface area contributed by atoms with Gasteiger partial charge in [-0.3, -0.25) is 0 Å². The Morgan fingerprint density at radius 3 is 2.89 bits per heavy atom. The molecule has 94 valence electrons. The Morgan fingerprint density at radius 1 is 1.33 bits per heavy atom. The second-order valence-corrected chi connectivity index (χ2v) is 5.13. The van der Waals surface area contributed by atoms with Crippen LogP contribution in [0.2, 0.25) is 0 Å². The Hall–Kier alpha value is -1.68. The van der Waals surface area contributed by atoms with E-state index in [0.717, 1.165) is 31.0 Å². The van der Waals surface area contributed by atoms with Gasteiger partial charge in [-0.2, -0.15) is 5.10 Å². The summed E-state index contributed by atoms with van der Waals surface area (Å²) in [5.41, 5.74) is 7.26. The van der Waals surface area contributed by atoms with E-state index in [1.165, 1.54) is 5.56 Å². The summed E-state index contributed by atoms with van der Waals surface area (Å²) in [7, 11) is 0. The van der Waals surface area contributed by atoms with Crippen LogP contribution in [0.3, 0.4) is 0 Å². The number of rotatable bonds is 2. The quantitative estimate of drug-likeness (QED) is 0.872. The topological polar surface area (TPSA) is 56.7 Å². The number of benzene rings is 1. The Morgan fingerprint density at radius 2 is 2.11 bits per heavy atom. The van der Waals surface area contributed by atoms with Crippen molar-refractivity contribution < 1.29 is 0 Å². The highest BCUT2D eigenvalue weighted by Crippen LogP contribution is 2.24. The summed E-state index contributed by atoms with van der Waals surface area (Å²) in [6.07, 6.45) is 1.80. The zero-order chi connectivity index (χ0) is 12.5. The minimum atomic E-state index is 0.207. The molecule has 18 heavy (non-hydrogen) atoms. The Labute approximate surface area is 107 Å². The largest absolute Gasteiger partial charge is 0.326 e. The highest BCUT2D eigenvalue weighted by molar-refractivity contribution is 5.19. The molecule has 1 aliphatic rings. The van der Waals surface area contributed by atoms with Crippen molar-refractivity contribution in [2.24, 2.45) is 5.73 Å². The first-order valence-corrected chi connectivity index (χ1v) is 6.45. The molecular formula is C14H18N4.